The summed E-state index contributed by atoms with van der Waals surface area (Å²) in [6, 6.07) is 20.4. The van der Waals surface area contributed by atoms with Crippen LogP contribution in [0.3, 0.4) is 0 Å². The molecule has 0 radical (unpaired) electrons. The van der Waals surface area contributed by atoms with Gasteiger partial charge in [-0.3, -0.25) is 0 Å². The highest BCUT2D eigenvalue weighted by Gasteiger charge is 2.11. The van der Waals surface area contributed by atoms with Crippen LogP contribution in [0.5, 0.6) is 0 Å². The molecule has 0 bridgehead atoms. The summed E-state index contributed by atoms with van der Waals surface area (Å²) in [5, 5.41) is 18.9. The van der Waals surface area contributed by atoms with E-state index in [0.29, 0.717) is 5.82 Å². The molecule has 3 heterocycles. The third-order valence-electron chi connectivity index (χ3n) is 4.45. The van der Waals surface area contributed by atoms with Gasteiger partial charge in [0.05, 0.1) is 5.69 Å². The lowest BCUT2D eigenvalue weighted by molar-refractivity contribution is 0.881. The van der Waals surface area contributed by atoms with Gasteiger partial charge in [-0.05, 0) is 28.0 Å². The van der Waals surface area contributed by atoms with Crippen molar-refractivity contribution in [2.45, 2.75) is 6.42 Å². The predicted octanol–water partition coefficient (Wildman–Crippen LogP) is 3.17. The number of benzene rings is 2. The van der Waals surface area contributed by atoms with Gasteiger partial charge in [-0.1, -0.05) is 48.5 Å². The van der Waals surface area contributed by atoms with Gasteiger partial charge < -0.3 is 0 Å². The summed E-state index contributed by atoms with van der Waals surface area (Å²) in [5.41, 5.74) is 6.18. The fourth-order valence-corrected chi connectivity index (χ4v) is 3.18. The van der Waals surface area contributed by atoms with Gasteiger partial charge in [0.1, 0.15) is 0 Å². The Kier molecular flexibility index (Phi) is 3.68. The van der Waals surface area contributed by atoms with Crippen LogP contribution in [-0.2, 0) is 6.42 Å². The van der Waals surface area contributed by atoms with E-state index in [1.807, 2.05) is 36.5 Å². The van der Waals surface area contributed by atoms with Crippen LogP contribution in [0.25, 0.3) is 28.2 Å². The minimum Gasteiger partial charge on any atom is -0.237 e. The number of hydrogen-bond acceptors (Lipinski definition) is 5. The minimum atomic E-state index is 0.590. The smallest absolute Gasteiger partial charge is 0.205 e. The van der Waals surface area contributed by atoms with Gasteiger partial charge in [0.15, 0.2) is 5.65 Å². The lowest BCUT2D eigenvalue weighted by Gasteiger charge is -2.07. The summed E-state index contributed by atoms with van der Waals surface area (Å²) in [5.74, 6) is 0.590. The minimum absolute atomic E-state index is 0.590. The zero-order valence-corrected chi connectivity index (χ0v) is 14.3. The third-order valence-corrected chi connectivity index (χ3v) is 4.45. The van der Waals surface area contributed by atoms with Crippen molar-refractivity contribution in [2.24, 2.45) is 0 Å². The number of rotatable bonds is 4. The van der Waals surface area contributed by atoms with Crippen molar-refractivity contribution >= 4 is 5.65 Å². The van der Waals surface area contributed by atoms with Crippen molar-refractivity contribution in [1.82, 2.24) is 35.2 Å². The molecule has 0 aliphatic carbocycles. The van der Waals surface area contributed by atoms with E-state index in [2.05, 4.69) is 61.0 Å². The molecule has 0 fully saturated rings. The Morgan fingerprint density at radius 1 is 0.926 bits per heavy atom. The van der Waals surface area contributed by atoms with Crippen LogP contribution in [0.4, 0.5) is 0 Å². The number of nitrogens with one attached hydrogen (secondary N) is 1. The highest BCUT2D eigenvalue weighted by atomic mass is 15.5. The zero-order valence-electron chi connectivity index (χ0n) is 14.3. The van der Waals surface area contributed by atoms with Crippen LogP contribution in [0.2, 0.25) is 0 Å². The summed E-state index contributed by atoms with van der Waals surface area (Å²) in [7, 11) is 0. The maximum absolute atomic E-state index is 4.56. The maximum atomic E-state index is 4.56. The van der Waals surface area contributed by atoms with Crippen molar-refractivity contribution < 1.29 is 0 Å². The van der Waals surface area contributed by atoms with Gasteiger partial charge in [0, 0.05) is 30.4 Å². The largest absolute Gasteiger partial charge is 0.237 e. The van der Waals surface area contributed by atoms with Gasteiger partial charge in [-0.25, -0.2) is 9.50 Å². The van der Waals surface area contributed by atoms with Crippen molar-refractivity contribution in [3.63, 3.8) is 0 Å². The molecule has 2 aromatic carbocycles. The Hall–Kier alpha value is -3.87. The fraction of sp³-hybridized carbons (Fsp3) is 0.0500. The third kappa shape index (κ3) is 2.95. The SMILES string of the molecule is c1ccc(-c2nn[nH]n2)c(-c2ccc(Cc3cc4ncccn4n3)cc2)c1. The molecule has 0 saturated heterocycles. The quantitative estimate of drug-likeness (QED) is 0.536. The van der Waals surface area contributed by atoms with Crippen molar-refractivity contribution in [1.29, 1.82) is 0 Å². The number of aromatic amines is 1. The zero-order chi connectivity index (χ0) is 18.1. The van der Waals surface area contributed by atoms with Gasteiger partial charge >= 0.3 is 0 Å². The molecule has 0 saturated carbocycles. The molecule has 0 aliphatic heterocycles. The number of aromatic nitrogens is 7. The molecule has 5 rings (SSSR count). The first-order chi connectivity index (χ1) is 13.4. The number of H-pyrrole nitrogens is 1. The molecule has 3 aromatic heterocycles. The monoisotopic (exact) mass is 353 g/mol. The normalized spacial score (nSPS) is 11.1. The standard InChI is InChI=1S/C20H15N7/c1-2-5-18(20-22-25-26-23-20)17(4-1)15-8-6-14(7-9-15)12-16-13-19-21-10-3-11-27(19)24-16/h1-11,13H,12H2,(H,22,23,25,26). The van der Waals surface area contributed by atoms with E-state index in [0.717, 1.165) is 34.5 Å². The molecule has 0 aliphatic rings. The van der Waals surface area contributed by atoms with E-state index < -0.39 is 0 Å². The van der Waals surface area contributed by atoms with Gasteiger partial charge in [-0.2, -0.15) is 10.3 Å². The summed E-state index contributed by atoms with van der Waals surface area (Å²) in [6.07, 6.45) is 4.44. The maximum Gasteiger partial charge on any atom is 0.205 e. The Labute approximate surface area is 154 Å². The van der Waals surface area contributed by atoms with Gasteiger partial charge in [0.25, 0.3) is 0 Å². The second kappa shape index (κ2) is 6.45. The topological polar surface area (TPSA) is 84.6 Å². The second-order valence-corrected chi connectivity index (χ2v) is 6.21. The molecule has 0 atom stereocenters. The summed E-state index contributed by atoms with van der Waals surface area (Å²) < 4.78 is 1.80. The molecule has 130 valence electrons. The Balaban J connectivity index is 1.44. The van der Waals surface area contributed by atoms with Crippen LogP contribution in [-0.4, -0.2) is 35.2 Å². The van der Waals surface area contributed by atoms with E-state index in [1.54, 1.807) is 10.7 Å². The van der Waals surface area contributed by atoms with Gasteiger partial charge in [0.2, 0.25) is 5.82 Å². The molecule has 7 heteroatoms. The fourth-order valence-electron chi connectivity index (χ4n) is 3.18. The van der Waals surface area contributed by atoms with E-state index in [1.165, 1.54) is 5.56 Å². The summed E-state index contributed by atoms with van der Waals surface area (Å²) in [4.78, 5) is 4.31. The molecule has 5 aromatic rings. The Morgan fingerprint density at radius 3 is 2.56 bits per heavy atom. The molecule has 0 unspecified atom stereocenters. The number of tetrazole rings is 1. The molecule has 27 heavy (non-hydrogen) atoms. The van der Waals surface area contributed by atoms with E-state index >= 15 is 0 Å². The van der Waals surface area contributed by atoms with E-state index in [4.69, 9.17) is 0 Å². The lowest BCUT2D eigenvalue weighted by Crippen LogP contribution is -1.92. The Morgan fingerprint density at radius 2 is 1.78 bits per heavy atom. The van der Waals surface area contributed by atoms with Crippen LogP contribution in [0, 0.1) is 0 Å². The van der Waals surface area contributed by atoms with Crippen LogP contribution < -0.4 is 0 Å². The average Bonchev–Trinajstić information content (AvgIpc) is 3.38. The molecular formula is C20H15N7. The molecular weight excluding hydrogens is 338 g/mol. The van der Waals surface area contributed by atoms with Crippen molar-refractivity contribution in [2.75, 3.05) is 0 Å². The summed E-state index contributed by atoms with van der Waals surface area (Å²) >= 11 is 0. The van der Waals surface area contributed by atoms with Crippen LogP contribution in [0.1, 0.15) is 11.3 Å². The molecule has 0 amide bonds. The predicted molar refractivity (Wildman–Crippen MR) is 101 cm³/mol. The molecule has 0 spiro atoms. The van der Waals surface area contributed by atoms with Crippen molar-refractivity contribution in [3.8, 4) is 22.5 Å². The average molecular weight is 353 g/mol. The van der Waals surface area contributed by atoms with E-state index in [-0.39, 0.29) is 0 Å². The first-order valence-corrected chi connectivity index (χ1v) is 8.58. The highest BCUT2D eigenvalue weighted by Crippen LogP contribution is 2.29. The Bertz CT molecular complexity index is 1160. The summed E-state index contributed by atoms with van der Waals surface area (Å²) in [6.45, 7) is 0. The lowest BCUT2D eigenvalue weighted by atomic mass is 9.97. The first kappa shape index (κ1) is 15.4. The highest BCUT2D eigenvalue weighted by molar-refractivity contribution is 5.80. The first-order valence-electron chi connectivity index (χ1n) is 8.58. The van der Waals surface area contributed by atoms with E-state index in [9.17, 15) is 0 Å². The molecule has 7 nitrogen and oxygen atoms in total. The van der Waals surface area contributed by atoms with Crippen LogP contribution in [0.15, 0.2) is 73.1 Å². The molecule has 1 N–H and O–H groups in total. The number of hydrogen-bond donors (Lipinski definition) is 1. The second-order valence-electron chi connectivity index (χ2n) is 6.21. The van der Waals surface area contributed by atoms with Crippen LogP contribution >= 0.6 is 0 Å². The number of fused-ring (bicyclic) bond motifs is 1. The van der Waals surface area contributed by atoms with Crippen molar-refractivity contribution in [3.05, 3.63) is 84.3 Å². The van der Waals surface area contributed by atoms with Gasteiger partial charge in [-0.15, -0.1) is 10.2 Å². The number of nitrogens with zero attached hydrogens (tertiary/aromatic N) is 6.